The van der Waals surface area contributed by atoms with Gasteiger partial charge in [-0.15, -0.1) is 0 Å². The predicted molar refractivity (Wildman–Crippen MR) is 94.1 cm³/mol. The van der Waals surface area contributed by atoms with Gasteiger partial charge >= 0.3 is 0 Å². The third-order valence-corrected chi connectivity index (χ3v) is 5.23. The maximum atomic E-state index is 12.4. The van der Waals surface area contributed by atoms with Crippen molar-refractivity contribution in [2.75, 3.05) is 13.1 Å². The number of nitrogens with zero attached hydrogens (tertiary/aromatic N) is 2. The highest BCUT2D eigenvalue weighted by atomic mass is 35.5. The molecule has 1 aromatic heterocycles. The number of carbonyl (C=O) groups excluding carboxylic acids is 1. The van der Waals surface area contributed by atoms with Gasteiger partial charge in [-0.25, -0.2) is 0 Å². The van der Waals surface area contributed by atoms with E-state index in [-0.39, 0.29) is 11.9 Å². The maximum Gasteiger partial charge on any atom is 0.269 e. The minimum absolute atomic E-state index is 0.0920. The molecule has 0 radical (unpaired) electrons. The summed E-state index contributed by atoms with van der Waals surface area (Å²) in [6.45, 7) is 2.17. The molecule has 1 aliphatic heterocycles. The standard InChI is InChI=1S/C18H21ClN4O/c19-15-4-2-1-3-14(15)16-11-17(22-21-16)18(24)20-12-7-9-23(10-8-12)13-5-6-13/h1-4,11-13H,5-10H2,(H,20,24)(H,21,22). The van der Waals surface area contributed by atoms with E-state index in [0.29, 0.717) is 16.4 Å². The van der Waals surface area contributed by atoms with Crippen LogP contribution in [0.15, 0.2) is 30.3 Å². The van der Waals surface area contributed by atoms with Crippen molar-refractivity contribution in [3.05, 3.63) is 41.0 Å². The Morgan fingerprint density at radius 3 is 2.67 bits per heavy atom. The SMILES string of the molecule is O=C(NC1CCN(C2CC2)CC1)c1cc(-c2ccccc2Cl)n[nH]1. The van der Waals surface area contributed by atoms with Crippen LogP contribution in [0.4, 0.5) is 0 Å². The molecule has 0 spiro atoms. The maximum absolute atomic E-state index is 12.4. The number of hydrogen-bond donors (Lipinski definition) is 2. The van der Waals surface area contributed by atoms with Gasteiger partial charge in [0, 0.05) is 30.7 Å². The predicted octanol–water partition coefficient (Wildman–Crippen LogP) is 3.09. The summed E-state index contributed by atoms with van der Waals surface area (Å²) in [5.74, 6) is -0.0920. The minimum Gasteiger partial charge on any atom is -0.348 e. The van der Waals surface area contributed by atoms with Gasteiger partial charge in [-0.05, 0) is 37.8 Å². The van der Waals surface area contributed by atoms with E-state index in [0.717, 1.165) is 37.5 Å². The Morgan fingerprint density at radius 2 is 1.96 bits per heavy atom. The Hall–Kier alpha value is -1.85. The number of aromatic nitrogens is 2. The Balaban J connectivity index is 1.38. The molecule has 1 aromatic carbocycles. The molecule has 1 saturated carbocycles. The van der Waals surface area contributed by atoms with Crippen LogP contribution in [-0.4, -0.2) is 46.2 Å². The summed E-state index contributed by atoms with van der Waals surface area (Å²) in [6, 6.07) is 10.3. The summed E-state index contributed by atoms with van der Waals surface area (Å²) in [5, 5.41) is 10.8. The molecule has 4 rings (SSSR count). The second-order valence-corrected chi connectivity index (χ2v) is 7.07. The number of carbonyl (C=O) groups is 1. The Morgan fingerprint density at radius 1 is 1.21 bits per heavy atom. The van der Waals surface area contributed by atoms with Crippen LogP contribution in [0.1, 0.15) is 36.2 Å². The zero-order valence-electron chi connectivity index (χ0n) is 13.5. The van der Waals surface area contributed by atoms with E-state index in [1.54, 1.807) is 6.07 Å². The van der Waals surface area contributed by atoms with Crippen LogP contribution in [0.2, 0.25) is 5.02 Å². The van der Waals surface area contributed by atoms with Crippen LogP contribution in [0, 0.1) is 0 Å². The monoisotopic (exact) mass is 344 g/mol. The Labute approximate surface area is 146 Å². The highest BCUT2D eigenvalue weighted by Gasteiger charge is 2.32. The molecular weight excluding hydrogens is 324 g/mol. The van der Waals surface area contributed by atoms with Crippen molar-refractivity contribution in [1.29, 1.82) is 0 Å². The number of likely N-dealkylation sites (tertiary alicyclic amines) is 1. The lowest BCUT2D eigenvalue weighted by molar-refractivity contribution is 0.0904. The lowest BCUT2D eigenvalue weighted by Gasteiger charge is -2.32. The number of benzene rings is 1. The zero-order valence-corrected chi connectivity index (χ0v) is 14.2. The fraction of sp³-hybridized carbons (Fsp3) is 0.444. The van der Waals surface area contributed by atoms with Gasteiger partial charge in [-0.3, -0.25) is 9.89 Å². The highest BCUT2D eigenvalue weighted by Crippen LogP contribution is 2.29. The molecule has 2 fully saturated rings. The summed E-state index contributed by atoms with van der Waals surface area (Å²) < 4.78 is 0. The van der Waals surface area contributed by atoms with E-state index < -0.39 is 0 Å². The topological polar surface area (TPSA) is 61.0 Å². The normalized spacial score (nSPS) is 19.4. The summed E-state index contributed by atoms with van der Waals surface area (Å²) in [6.07, 6.45) is 4.73. The third kappa shape index (κ3) is 3.32. The van der Waals surface area contributed by atoms with Gasteiger partial charge in [0.15, 0.2) is 0 Å². The van der Waals surface area contributed by atoms with E-state index in [1.807, 2.05) is 24.3 Å². The van der Waals surface area contributed by atoms with Crippen molar-refractivity contribution < 1.29 is 4.79 Å². The van der Waals surface area contributed by atoms with Gasteiger partial charge in [-0.2, -0.15) is 5.10 Å². The molecular formula is C18H21ClN4O. The molecule has 1 saturated heterocycles. The quantitative estimate of drug-likeness (QED) is 0.896. The summed E-state index contributed by atoms with van der Waals surface area (Å²) in [7, 11) is 0. The van der Waals surface area contributed by atoms with Crippen molar-refractivity contribution in [1.82, 2.24) is 20.4 Å². The molecule has 5 nitrogen and oxygen atoms in total. The van der Waals surface area contributed by atoms with E-state index in [4.69, 9.17) is 11.6 Å². The number of hydrogen-bond acceptors (Lipinski definition) is 3. The van der Waals surface area contributed by atoms with Gasteiger partial charge in [0.1, 0.15) is 5.69 Å². The number of H-pyrrole nitrogens is 1. The molecule has 2 aliphatic rings. The van der Waals surface area contributed by atoms with Crippen molar-refractivity contribution in [3.8, 4) is 11.3 Å². The van der Waals surface area contributed by atoms with Crippen LogP contribution in [0.3, 0.4) is 0 Å². The smallest absolute Gasteiger partial charge is 0.269 e. The van der Waals surface area contributed by atoms with Gasteiger partial charge in [0.25, 0.3) is 5.91 Å². The number of aromatic amines is 1. The lowest BCUT2D eigenvalue weighted by Crippen LogP contribution is -2.45. The molecule has 2 heterocycles. The number of piperidine rings is 1. The van der Waals surface area contributed by atoms with Crippen LogP contribution in [-0.2, 0) is 0 Å². The fourth-order valence-electron chi connectivity index (χ4n) is 3.36. The second-order valence-electron chi connectivity index (χ2n) is 6.66. The molecule has 0 unspecified atom stereocenters. The van der Waals surface area contributed by atoms with Crippen molar-refractivity contribution >= 4 is 17.5 Å². The average Bonchev–Trinajstić information content (AvgIpc) is 3.33. The number of amides is 1. The summed E-state index contributed by atoms with van der Waals surface area (Å²) >= 11 is 6.19. The molecule has 2 aromatic rings. The lowest BCUT2D eigenvalue weighted by atomic mass is 10.0. The zero-order chi connectivity index (χ0) is 16.5. The number of halogens is 1. The number of rotatable bonds is 4. The molecule has 1 amide bonds. The highest BCUT2D eigenvalue weighted by molar-refractivity contribution is 6.33. The summed E-state index contributed by atoms with van der Waals surface area (Å²) in [5.41, 5.74) is 2.00. The summed E-state index contributed by atoms with van der Waals surface area (Å²) in [4.78, 5) is 15.0. The Kier molecular flexibility index (Phi) is 4.29. The molecule has 126 valence electrons. The van der Waals surface area contributed by atoms with E-state index >= 15 is 0 Å². The van der Waals surface area contributed by atoms with Crippen LogP contribution >= 0.6 is 11.6 Å². The van der Waals surface area contributed by atoms with Crippen molar-refractivity contribution in [2.45, 2.75) is 37.8 Å². The van der Waals surface area contributed by atoms with Crippen LogP contribution in [0.5, 0.6) is 0 Å². The minimum atomic E-state index is -0.0920. The molecule has 1 aliphatic carbocycles. The second kappa shape index (κ2) is 6.57. The Bertz CT molecular complexity index is 732. The van der Waals surface area contributed by atoms with E-state index in [1.165, 1.54) is 12.8 Å². The molecule has 0 bridgehead atoms. The third-order valence-electron chi connectivity index (χ3n) is 4.90. The van der Waals surface area contributed by atoms with Gasteiger partial charge < -0.3 is 10.2 Å². The fourth-order valence-corrected chi connectivity index (χ4v) is 3.59. The first-order valence-electron chi connectivity index (χ1n) is 8.56. The van der Waals surface area contributed by atoms with Crippen LogP contribution in [0.25, 0.3) is 11.3 Å². The van der Waals surface area contributed by atoms with E-state index in [2.05, 4.69) is 20.4 Å². The number of nitrogens with one attached hydrogen (secondary N) is 2. The molecule has 24 heavy (non-hydrogen) atoms. The van der Waals surface area contributed by atoms with Gasteiger partial charge in [-0.1, -0.05) is 29.8 Å². The molecule has 6 heteroatoms. The van der Waals surface area contributed by atoms with Crippen LogP contribution < -0.4 is 5.32 Å². The van der Waals surface area contributed by atoms with Crippen molar-refractivity contribution in [2.24, 2.45) is 0 Å². The van der Waals surface area contributed by atoms with Gasteiger partial charge in [0.05, 0.1) is 10.7 Å². The average molecular weight is 345 g/mol. The molecule has 0 atom stereocenters. The largest absolute Gasteiger partial charge is 0.348 e. The first-order chi connectivity index (χ1) is 11.7. The first kappa shape index (κ1) is 15.7. The van der Waals surface area contributed by atoms with Gasteiger partial charge in [0.2, 0.25) is 0 Å². The molecule has 2 N–H and O–H groups in total. The first-order valence-corrected chi connectivity index (χ1v) is 8.94. The van der Waals surface area contributed by atoms with E-state index in [9.17, 15) is 4.79 Å². The van der Waals surface area contributed by atoms with Crippen molar-refractivity contribution in [3.63, 3.8) is 0 Å².